The topological polar surface area (TPSA) is 216 Å². The summed E-state index contributed by atoms with van der Waals surface area (Å²) in [5.41, 5.74) is -1.98. The molecule has 138 heavy (non-hydrogen) atoms. The monoisotopic (exact) mass is 1910 g/mol. The summed E-state index contributed by atoms with van der Waals surface area (Å²) in [6.45, 7) is 50.2. The van der Waals surface area contributed by atoms with E-state index in [4.69, 9.17) is 74.5 Å². The van der Waals surface area contributed by atoms with Crippen molar-refractivity contribution in [2.45, 2.75) is 177 Å². The van der Waals surface area contributed by atoms with Crippen LogP contribution in [0.25, 0.3) is 259 Å². The van der Waals surface area contributed by atoms with Crippen molar-refractivity contribution < 1.29 is 93.7 Å². The summed E-state index contributed by atoms with van der Waals surface area (Å²) >= 11 is 0. The predicted octanol–water partition coefficient (Wildman–Crippen LogP) is 23.3. The van der Waals surface area contributed by atoms with Crippen LogP contribution in [0, 0.1) is 10.8 Å². The van der Waals surface area contributed by atoms with E-state index < -0.39 is 89.6 Å². The maximum absolute atomic E-state index is 18.4. The molecule has 0 N–H and O–H groups in total. The molecule has 0 aromatic heterocycles. The minimum Gasteiger partial charge on any atom is -0.462 e. The molecule has 20 nitrogen and oxygen atoms in total. The maximum atomic E-state index is 18.4. The number of carbonyl (C=O) groups excluding carboxylic acids is 4. The third-order valence-electron chi connectivity index (χ3n) is 40.8. The Morgan fingerprint density at radius 1 is 0.167 bits per heavy atom. The fourth-order valence-corrected chi connectivity index (χ4v) is 36.9. The Bertz CT molecular complexity index is 8900. The van der Waals surface area contributed by atoms with Crippen molar-refractivity contribution >= 4 is 316 Å². The molecule has 4 atom stereocenters. The van der Waals surface area contributed by atoms with Gasteiger partial charge in [-0.15, -0.1) is 0 Å². The summed E-state index contributed by atoms with van der Waals surface area (Å²) in [5, 5.41) is 58.4. The molecule has 2 fully saturated rings. The molecule has 0 radical (unpaired) electrons. The van der Waals surface area contributed by atoms with Crippen molar-refractivity contribution in [3.05, 3.63) is 44.5 Å². The lowest BCUT2D eigenvalue weighted by atomic mass is 9.66. The number of carbonyl (C=O) groups is 4. The summed E-state index contributed by atoms with van der Waals surface area (Å²) in [6.07, 6.45) is 0. The Morgan fingerprint density at radius 3 is 0.399 bits per heavy atom. The van der Waals surface area contributed by atoms with Gasteiger partial charge in [0.05, 0.1) is 154 Å². The molecule has 0 aliphatic heterocycles. The van der Waals surface area contributed by atoms with Crippen LogP contribution in [0.15, 0.2) is 0 Å². The molecule has 24 heteroatoms. The Labute approximate surface area is 795 Å². The van der Waals surface area contributed by atoms with E-state index >= 15 is 19.2 Å². The molecule has 10 aliphatic carbocycles. The molecule has 2 saturated carbocycles. The molecule has 0 bridgehead atoms. The van der Waals surface area contributed by atoms with Crippen molar-refractivity contribution in [3.8, 4) is 0 Å². The average Bonchev–Trinajstić information content (AvgIpc) is 1.34. The highest BCUT2D eigenvalue weighted by Gasteiger charge is 3.04. The van der Waals surface area contributed by atoms with E-state index in [0.29, 0.717) is 79.3 Å². The molecule has 34 rings (SSSR count). The maximum Gasteiger partial charge on any atom is 0.326 e. The Morgan fingerprint density at radius 2 is 0.268 bits per heavy atom. The van der Waals surface area contributed by atoms with Crippen LogP contribution in [-0.4, -0.2) is 216 Å². The van der Waals surface area contributed by atoms with Crippen molar-refractivity contribution in [2.75, 3.05) is 159 Å². The standard InChI is InChI=1S/C114H108O20Si4/c1-105(2,3)135(13,14)131-41-33-123-25-21-119-29-37-127-101(115)113(102(116)128-38-30-120-22-26-124-34-42-132-136(15,16)106(4,5)6)109-93-77-66-55-48-49-53-46-45-50-47-51(46)62-71-60(53)67-56(49)58-57(55)68-65-69(58)80-78(67)94-82(71)84-73(62)64-54(47)63-72-61(50)70(59(66)52(45)48)81(93)83(72)95-85-74(63)75(64)86-90-89(85)99(111(95,109)113)91-87(97(109)79(68)77)76(65)88-92(91)100(90)112(96(84)86)110(94,98(80)88)114(112,103(117)129-39-31-121-23-27-125-35-43-133-137(17,18)107(7,8)9)104(118)130-40-32-122-24-28-126-36-44-134-138(19,20)108(10,11)12/h21-44H2,1-20H3. The van der Waals surface area contributed by atoms with Gasteiger partial charge in [-0.25, -0.2) is 0 Å². The molecule has 0 amide bonds. The summed E-state index contributed by atoms with van der Waals surface area (Å²) < 4.78 is 106. The van der Waals surface area contributed by atoms with Crippen molar-refractivity contribution in [1.82, 2.24) is 0 Å². The third-order valence-corrected chi connectivity index (χ3v) is 58.9. The molecule has 24 aromatic rings. The molecule has 700 valence electrons. The second kappa shape index (κ2) is 23.7. The zero-order valence-electron chi connectivity index (χ0n) is 82.1. The first kappa shape index (κ1) is 81.5. The fourth-order valence-electron chi connectivity index (χ4n) is 32.8. The molecule has 4 spiro atoms. The van der Waals surface area contributed by atoms with Gasteiger partial charge in [-0.05, 0) is 376 Å². The highest BCUT2D eigenvalue weighted by molar-refractivity contribution is 6.81. The van der Waals surface area contributed by atoms with E-state index in [1.165, 1.54) is 178 Å². The minimum absolute atomic E-state index is 0.0430. The van der Waals surface area contributed by atoms with Crippen LogP contribution in [0.4, 0.5) is 0 Å². The smallest absolute Gasteiger partial charge is 0.326 e. The SMILES string of the molecule is CC(C)(C)[Si](C)(C)OCCOCCOCCOC(=O)C1(C(=O)OCCOCCOCCO[Si](C)(C)C(C)(C)C)C23c4c5c6c7c8c4c4c2c2c9c%10c%11c%12c(c5c5c6c6c%13c%14c%15c%16c%17c(c8c8c4c4c2c2c9c9c%11c%11c%18c%12c5c%13c%18c5c%14c%12c%16c%13c%17c8c4c4c2c2c9c%11c5c%12c2c%134)C72C(C(=O)OCCOCCOCCO[Si](C)(C)C(C)(C)C)(C(=O)OCCOCCOCCO[Si](C)(C)C(C)(C)C)C6%152)C%1013. The van der Waals surface area contributed by atoms with E-state index in [2.05, 4.69) is 135 Å². The van der Waals surface area contributed by atoms with Crippen LogP contribution in [-0.2, 0) is 115 Å². The molecule has 0 saturated heterocycles. The summed E-state index contributed by atoms with van der Waals surface area (Å²) in [6, 6.07) is 0. The fraction of sp³-hybridized carbons (Fsp3) is 0.474. The van der Waals surface area contributed by atoms with Crippen molar-refractivity contribution in [3.63, 3.8) is 0 Å². The van der Waals surface area contributed by atoms with Gasteiger partial charge < -0.3 is 74.5 Å². The minimum atomic E-state index is -2.13. The summed E-state index contributed by atoms with van der Waals surface area (Å²) in [4.78, 5) is 73.6. The lowest BCUT2D eigenvalue weighted by Crippen LogP contribution is -2.41. The Kier molecular flexibility index (Phi) is 14.0. The molecule has 24 aromatic carbocycles. The van der Waals surface area contributed by atoms with Gasteiger partial charge in [0.2, 0.25) is 0 Å². The van der Waals surface area contributed by atoms with E-state index in [1.54, 1.807) is 0 Å². The molecule has 10 aliphatic rings. The van der Waals surface area contributed by atoms with Gasteiger partial charge in [0, 0.05) is 0 Å². The van der Waals surface area contributed by atoms with Gasteiger partial charge >= 0.3 is 23.9 Å². The largest absolute Gasteiger partial charge is 0.462 e. The quantitative estimate of drug-likeness (QED) is 0.00866. The summed E-state index contributed by atoms with van der Waals surface area (Å²) in [5.74, 6) is -2.54. The van der Waals surface area contributed by atoms with Gasteiger partial charge in [0.25, 0.3) is 0 Å². The number of esters is 4. The molecule has 4 unspecified atom stereocenters. The van der Waals surface area contributed by atoms with Gasteiger partial charge in [-0.3, -0.25) is 19.2 Å². The zero-order valence-corrected chi connectivity index (χ0v) is 86.1. The van der Waals surface area contributed by atoms with E-state index in [9.17, 15) is 0 Å². The first-order chi connectivity index (χ1) is 66.0. The van der Waals surface area contributed by atoms with Crippen LogP contribution in [0.1, 0.15) is 128 Å². The van der Waals surface area contributed by atoms with Gasteiger partial charge in [0.1, 0.15) is 26.4 Å². The second-order valence-electron chi connectivity index (χ2n) is 49.4. The lowest BCUT2D eigenvalue weighted by molar-refractivity contribution is -0.170. The third kappa shape index (κ3) is 7.31. The predicted molar refractivity (Wildman–Crippen MR) is 555 cm³/mol. The van der Waals surface area contributed by atoms with E-state index in [1.807, 2.05) is 0 Å². The number of ether oxygens (including phenoxy) is 12. The molecular weight excluding hydrogens is 1800 g/mol. The average molecular weight is 1910 g/mol. The summed E-state index contributed by atoms with van der Waals surface area (Å²) in [7, 11) is -8.06. The molecular formula is C114H108O20Si4. The first-order valence-electron chi connectivity index (χ1n) is 50.9. The second-order valence-corrected chi connectivity index (χ2v) is 68.6. The lowest BCUT2D eigenvalue weighted by Gasteiger charge is -2.36. The van der Waals surface area contributed by atoms with Crippen LogP contribution in [0.3, 0.4) is 0 Å². The van der Waals surface area contributed by atoms with Crippen molar-refractivity contribution in [1.29, 1.82) is 0 Å². The van der Waals surface area contributed by atoms with Crippen LogP contribution in [0.5, 0.6) is 0 Å². The van der Waals surface area contributed by atoms with Crippen LogP contribution < -0.4 is 0 Å². The Hall–Kier alpha value is -9.01. The number of hydrogen-bond donors (Lipinski definition) is 0. The van der Waals surface area contributed by atoms with E-state index in [0.717, 1.165) is 125 Å². The normalized spacial score (nSPS) is 21.4. The highest BCUT2D eigenvalue weighted by atomic mass is 28.4. The number of benzene rings is 16. The van der Waals surface area contributed by atoms with Crippen LogP contribution in [0.2, 0.25) is 72.5 Å². The highest BCUT2D eigenvalue weighted by Crippen LogP contribution is 3.01. The number of rotatable bonds is 44. The zero-order chi connectivity index (χ0) is 93.9. The van der Waals surface area contributed by atoms with Gasteiger partial charge in [0.15, 0.2) is 44.1 Å². The van der Waals surface area contributed by atoms with E-state index in [-0.39, 0.29) is 99.4 Å². The van der Waals surface area contributed by atoms with Crippen molar-refractivity contribution in [2.24, 2.45) is 10.8 Å². The number of hydrogen-bond acceptors (Lipinski definition) is 20. The Balaban J connectivity index is 0.611. The first-order valence-corrected chi connectivity index (χ1v) is 62.5. The van der Waals surface area contributed by atoms with Gasteiger partial charge in [-0.1, -0.05) is 83.1 Å². The molecule has 0 heterocycles. The van der Waals surface area contributed by atoms with Crippen LogP contribution >= 0.6 is 0 Å². The van der Waals surface area contributed by atoms with Gasteiger partial charge in [-0.2, -0.15) is 0 Å².